The highest BCUT2D eigenvalue weighted by atomic mass is 16.4. The van der Waals surface area contributed by atoms with Gasteiger partial charge in [0, 0.05) is 12.6 Å². The number of unbranched alkanes of at least 4 members (excludes halogenated alkanes) is 4. The lowest BCUT2D eigenvalue weighted by molar-refractivity contribution is -0.673. The maximum absolute atomic E-state index is 12.1. The maximum Gasteiger partial charge on any atom is 0.342 e. The van der Waals surface area contributed by atoms with Crippen molar-refractivity contribution in [1.29, 1.82) is 0 Å². The summed E-state index contributed by atoms with van der Waals surface area (Å²) in [7, 11) is 1.67. The summed E-state index contributed by atoms with van der Waals surface area (Å²) in [5, 5.41) is 11.9. The van der Waals surface area contributed by atoms with Crippen molar-refractivity contribution < 1.29 is 19.3 Å². The molecule has 1 heterocycles. The van der Waals surface area contributed by atoms with E-state index in [1.54, 1.807) is 19.3 Å². The number of carbonyl (C=O) groups excluding carboxylic acids is 1. The van der Waals surface area contributed by atoms with E-state index >= 15 is 0 Å². The number of rotatable bonds is 8. The highest BCUT2D eigenvalue weighted by Gasteiger charge is 2.25. The molecule has 0 aliphatic carbocycles. The molecule has 1 aromatic rings. The summed E-state index contributed by atoms with van der Waals surface area (Å²) in [6.45, 7) is 2.74. The van der Waals surface area contributed by atoms with Crippen LogP contribution in [0.15, 0.2) is 18.3 Å². The fourth-order valence-corrected chi connectivity index (χ4v) is 2.08. The van der Waals surface area contributed by atoms with E-state index in [4.69, 9.17) is 5.11 Å². The van der Waals surface area contributed by atoms with Gasteiger partial charge in [0.1, 0.15) is 12.6 Å². The first-order valence-electron chi connectivity index (χ1n) is 7.08. The van der Waals surface area contributed by atoms with Crippen molar-refractivity contribution in [3.8, 4) is 0 Å². The molecule has 2 N–H and O–H groups in total. The van der Waals surface area contributed by atoms with Crippen LogP contribution in [-0.4, -0.2) is 23.5 Å². The van der Waals surface area contributed by atoms with E-state index in [2.05, 4.69) is 12.2 Å². The zero-order valence-corrected chi connectivity index (χ0v) is 12.2. The third kappa shape index (κ3) is 4.64. The third-order valence-electron chi connectivity index (χ3n) is 3.19. The normalized spacial score (nSPS) is 10.3. The van der Waals surface area contributed by atoms with Crippen molar-refractivity contribution in [1.82, 2.24) is 5.32 Å². The lowest BCUT2D eigenvalue weighted by Gasteiger charge is -2.05. The Labute approximate surface area is 119 Å². The third-order valence-corrected chi connectivity index (χ3v) is 3.19. The first-order chi connectivity index (χ1) is 9.57. The average Bonchev–Trinajstić information content (AvgIpc) is 2.42. The molecule has 5 heteroatoms. The fourth-order valence-electron chi connectivity index (χ4n) is 2.08. The molecular formula is C15H23N2O3+. The Morgan fingerprint density at radius 1 is 1.25 bits per heavy atom. The minimum absolute atomic E-state index is 0.0264. The van der Waals surface area contributed by atoms with Crippen LogP contribution in [0.4, 0.5) is 0 Å². The molecule has 110 valence electrons. The molecule has 0 aromatic carbocycles. The predicted octanol–water partition coefficient (Wildman–Crippen LogP) is 1.91. The van der Waals surface area contributed by atoms with Crippen LogP contribution >= 0.6 is 0 Å². The van der Waals surface area contributed by atoms with Gasteiger partial charge in [0.2, 0.25) is 0 Å². The largest absolute Gasteiger partial charge is 0.477 e. The SMILES string of the molecule is CCCCCCCNC(=O)c1c(C(=O)O)ccc[n+]1C. The summed E-state index contributed by atoms with van der Waals surface area (Å²) in [5.74, 6) is -1.42. The quantitative estimate of drug-likeness (QED) is 0.564. The molecule has 5 nitrogen and oxygen atoms in total. The van der Waals surface area contributed by atoms with Crippen LogP contribution in [0.5, 0.6) is 0 Å². The smallest absolute Gasteiger partial charge is 0.342 e. The second-order valence-electron chi connectivity index (χ2n) is 4.86. The number of nitrogens with one attached hydrogen (secondary N) is 1. The predicted molar refractivity (Wildman–Crippen MR) is 75.7 cm³/mol. The van der Waals surface area contributed by atoms with Crippen molar-refractivity contribution in [2.45, 2.75) is 39.0 Å². The Bertz CT molecular complexity index is 472. The van der Waals surface area contributed by atoms with Crippen molar-refractivity contribution in [2.75, 3.05) is 6.54 Å². The van der Waals surface area contributed by atoms with Gasteiger partial charge in [-0.3, -0.25) is 4.79 Å². The molecule has 0 saturated heterocycles. The van der Waals surface area contributed by atoms with Crippen LogP contribution in [0, 0.1) is 0 Å². The van der Waals surface area contributed by atoms with Crippen LogP contribution < -0.4 is 9.88 Å². The minimum atomic E-state index is -1.09. The van der Waals surface area contributed by atoms with E-state index in [1.807, 2.05) is 0 Å². The number of pyridine rings is 1. The Morgan fingerprint density at radius 3 is 2.60 bits per heavy atom. The van der Waals surface area contributed by atoms with Gasteiger partial charge >= 0.3 is 11.9 Å². The van der Waals surface area contributed by atoms with E-state index < -0.39 is 5.97 Å². The molecule has 0 fully saturated rings. The molecule has 1 rings (SSSR count). The van der Waals surface area contributed by atoms with Gasteiger partial charge in [-0.15, -0.1) is 0 Å². The van der Waals surface area contributed by atoms with Crippen molar-refractivity contribution in [3.63, 3.8) is 0 Å². The number of hydrogen-bond donors (Lipinski definition) is 2. The number of carboxylic acids is 1. The number of carboxylic acid groups (broad SMARTS) is 1. The molecule has 20 heavy (non-hydrogen) atoms. The summed E-state index contributed by atoms with van der Waals surface area (Å²) < 4.78 is 1.54. The lowest BCUT2D eigenvalue weighted by atomic mass is 10.1. The summed E-state index contributed by atoms with van der Waals surface area (Å²) >= 11 is 0. The summed E-state index contributed by atoms with van der Waals surface area (Å²) in [4.78, 5) is 23.2. The first kappa shape index (κ1) is 16.1. The fraction of sp³-hybridized carbons (Fsp3) is 0.533. The Kier molecular flexibility index (Phi) is 6.70. The van der Waals surface area contributed by atoms with E-state index in [0.717, 1.165) is 12.8 Å². The van der Waals surface area contributed by atoms with Gasteiger partial charge in [-0.25, -0.2) is 4.79 Å². The molecule has 0 unspecified atom stereocenters. The molecule has 0 radical (unpaired) electrons. The number of amides is 1. The second kappa shape index (κ2) is 8.30. The van der Waals surface area contributed by atoms with Crippen LogP contribution in [0.3, 0.4) is 0 Å². The van der Waals surface area contributed by atoms with Gasteiger partial charge in [0.15, 0.2) is 6.20 Å². The molecule has 0 aliphatic heterocycles. The average molecular weight is 279 g/mol. The van der Waals surface area contributed by atoms with E-state index in [0.29, 0.717) is 6.54 Å². The topological polar surface area (TPSA) is 70.3 Å². The molecule has 0 spiro atoms. The van der Waals surface area contributed by atoms with Crippen molar-refractivity contribution in [3.05, 3.63) is 29.6 Å². The highest BCUT2D eigenvalue weighted by Crippen LogP contribution is 2.04. The lowest BCUT2D eigenvalue weighted by Crippen LogP contribution is -2.42. The monoisotopic (exact) mass is 279 g/mol. The van der Waals surface area contributed by atoms with Crippen LogP contribution in [-0.2, 0) is 7.05 Å². The van der Waals surface area contributed by atoms with Crippen molar-refractivity contribution in [2.24, 2.45) is 7.05 Å². The molecule has 0 bridgehead atoms. The molecule has 1 aromatic heterocycles. The van der Waals surface area contributed by atoms with Gasteiger partial charge in [-0.05, 0) is 12.5 Å². The first-order valence-corrected chi connectivity index (χ1v) is 7.08. The van der Waals surface area contributed by atoms with Crippen LogP contribution in [0.2, 0.25) is 0 Å². The van der Waals surface area contributed by atoms with E-state index in [1.165, 1.54) is 29.9 Å². The summed E-state index contributed by atoms with van der Waals surface area (Å²) in [5.41, 5.74) is 0.215. The number of hydrogen-bond acceptors (Lipinski definition) is 2. The Balaban J connectivity index is 2.57. The number of aromatic carboxylic acids is 1. The number of aromatic nitrogens is 1. The molecule has 1 amide bonds. The van der Waals surface area contributed by atoms with Gasteiger partial charge in [-0.1, -0.05) is 32.6 Å². The molecule has 0 atom stereocenters. The van der Waals surface area contributed by atoms with E-state index in [-0.39, 0.29) is 17.2 Å². The molecular weight excluding hydrogens is 256 g/mol. The standard InChI is InChI=1S/C15H22N2O3/c1-3-4-5-6-7-10-16-14(18)13-12(15(19)20)9-8-11-17(13)2/h8-9,11H,3-7,10H2,1-2H3,(H-,16,18,19,20)/p+1. The number of nitrogens with zero attached hydrogens (tertiary/aromatic N) is 1. The van der Waals surface area contributed by atoms with Gasteiger partial charge in [0.25, 0.3) is 5.69 Å². The van der Waals surface area contributed by atoms with Crippen molar-refractivity contribution >= 4 is 11.9 Å². The molecule has 0 aliphatic rings. The van der Waals surface area contributed by atoms with E-state index in [9.17, 15) is 9.59 Å². The number of aryl methyl sites for hydroxylation is 1. The van der Waals surface area contributed by atoms with Gasteiger partial charge in [0.05, 0.1) is 0 Å². The second-order valence-corrected chi connectivity index (χ2v) is 4.86. The zero-order chi connectivity index (χ0) is 15.0. The van der Waals surface area contributed by atoms with Gasteiger partial charge < -0.3 is 10.4 Å². The zero-order valence-electron chi connectivity index (χ0n) is 12.2. The maximum atomic E-state index is 12.1. The van der Waals surface area contributed by atoms with Crippen LogP contribution in [0.1, 0.15) is 59.9 Å². The highest BCUT2D eigenvalue weighted by molar-refractivity contribution is 6.02. The Morgan fingerprint density at radius 2 is 1.95 bits per heavy atom. The number of carbonyl (C=O) groups is 2. The molecule has 0 saturated carbocycles. The summed E-state index contributed by atoms with van der Waals surface area (Å²) in [6.07, 6.45) is 7.25. The van der Waals surface area contributed by atoms with Crippen LogP contribution in [0.25, 0.3) is 0 Å². The minimum Gasteiger partial charge on any atom is -0.477 e. The summed E-state index contributed by atoms with van der Waals surface area (Å²) in [6, 6.07) is 3.06. The van der Waals surface area contributed by atoms with Gasteiger partial charge in [-0.2, -0.15) is 4.57 Å². The Hall–Kier alpha value is -1.91.